The van der Waals surface area contributed by atoms with Gasteiger partial charge in [0.05, 0.1) is 16.4 Å². The zero-order valence-corrected chi connectivity index (χ0v) is 11.6. The van der Waals surface area contributed by atoms with Gasteiger partial charge in [0, 0.05) is 12.0 Å². The van der Waals surface area contributed by atoms with Gasteiger partial charge in [0.15, 0.2) is 0 Å². The largest absolute Gasteiger partial charge is 0.397 e. The van der Waals surface area contributed by atoms with Gasteiger partial charge in [0.1, 0.15) is 5.82 Å². The smallest absolute Gasteiger partial charge is 0.220 e. The average molecular weight is 313 g/mol. The number of nitrogen functional groups attached to an aromatic ring is 1. The number of nitrogens with one attached hydrogen (secondary N) is 1. The molecule has 0 aliphatic heterocycles. The van der Waals surface area contributed by atoms with Gasteiger partial charge in [0.25, 0.3) is 0 Å². The summed E-state index contributed by atoms with van der Waals surface area (Å²) in [4.78, 5) is 15.3. The van der Waals surface area contributed by atoms with Crippen LogP contribution in [0.15, 0.2) is 16.7 Å². The van der Waals surface area contributed by atoms with Crippen LogP contribution in [-0.2, 0) is 4.79 Å². The number of amides is 1. The van der Waals surface area contributed by atoms with Crippen LogP contribution in [0.1, 0.15) is 25.7 Å². The van der Waals surface area contributed by atoms with E-state index in [4.69, 9.17) is 11.5 Å². The Morgan fingerprint density at radius 2 is 2.06 bits per heavy atom. The minimum atomic E-state index is -0.180. The van der Waals surface area contributed by atoms with Crippen molar-refractivity contribution in [2.24, 2.45) is 11.7 Å². The van der Waals surface area contributed by atoms with Gasteiger partial charge in [-0.25, -0.2) is 4.98 Å². The second-order valence-corrected chi connectivity index (χ2v) is 5.55. The molecule has 1 amide bonds. The highest BCUT2D eigenvalue weighted by molar-refractivity contribution is 9.10. The molecule has 98 valence electrons. The van der Waals surface area contributed by atoms with Gasteiger partial charge < -0.3 is 16.8 Å². The van der Waals surface area contributed by atoms with Crippen LogP contribution in [0, 0.1) is 5.92 Å². The summed E-state index contributed by atoms with van der Waals surface area (Å²) < 4.78 is 0.861. The van der Waals surface area contributed by atoms with Crippen molar-refractivity contribution in [1.82, 2.24) is 4.98 Å². The SMILES string of the molecule is NC(=O)C1CCC(Nc2ncc(N)cc2Br)CC1. The summed E-state index contributed by atoms with van der Waals surface area (Å²) in [6.45, 7) is 0. The van der Waals surface area contributed by atoms with Crippen molar-refractivity contribution >= 4 is 33.3 Å². The molecule has 0 atom stereocenters. The Bertz CT molecular complexity index is 444. The van der Waals surface area contributed by atoms with E-state index in [1.165, 1.54) is 0 Å². The first-order chi connectivity index (χ1) is 8.56. The van der Waals surface area contributed by atoms with Crippen molar-refractivity contribution in [2.75, 3.05) is 11.1 Å². The lowest BCUT2D eigenvalue weighted by atomic mass is 9.85. The highest BCUT2D eigenvalue weighted by atomic mass is 79.9. The molecule has 0 radical (unpaired) electrons. The molecule has 0 aromatic carbocycles. The van der Waals surface area contributed by atoms with Gasteiger partial charge >= 0.3 is 0 Å². The Morgan fingerprint density at radius 3 is 2.61 bits per heavy atom. The number of primary amides is 1. The monoisotopic (exact) mass is 312 g/mol. The molecule has 1 aromatic heterocycles. The number of carbonyl (C=O) groups is 1. The Labute approximate surface area is 114 Å². The van der Waals surface area contributed by atoms with E-state index in [1.54, 1.807) is 6.20 Å². The molecule has 0 bridgehead atoms. The number of halogens is 1. The van der Waals surface area contributed by atoms with Crippen molar-refractivity contribution in [3.63, 3.8) is 0 Å². The molecule has 1 aromatic rings. The zero-order valence-electron chi connectivity index (χ0n) is 10.0. The van der Waals surface area contributed by atoms with E-state index >= 15 is 0 Å². The minimum Gasteiger partial charge on any atom is -0.397 e. The fraction of sp³-hybridized carbons (Fsp3) is 0.500. The number of carbonyl (C=O) groups excluding carboxylic acids is 1. The predicted octanol–water partition coefficient (Wildman–Crippen LogP) is 1.88. The van der Waals surface area contributed by atoms with Crippen LogP contribution in [0.25, 0.3) is 0 Å². The number of nitrogens with two attached hydrogens (primary N) is 2. The van der Waals surface area contributed by atoms with Crippen LogP contribution in [0.5, 0.6) is 0 Å². The summed E-state index contributed by atoms with van der Waals surface area (Å²) in [5.41, 5.74) is 11.6. The fourth-order valence-electron chi connectivity index (χ4n) is 2.27. The van der Waals surface area contributed by atoms with E-state index < -0.39 is 0 Å². The number of anilines is 2. The van der Waals surface area contributed by atoms with Gasteiger partial charge in [0.2, 0.25) is 5.91 Å². The first kappa shape index (κ1) is 13.1. The lowest BCUT2D eigenvalue weighted by Gasteiger charge is -2.28. The van der Waals surface area contributed by atoms with Crippen LogP contribution in [-0.4, -0.2) is 16.9 Å². The molecule has 6 heteroatoms. The molecule has 1 aliphatic rings. The molecule has 5 nitrogen and oxygen atoms in total. The molecular weight excluding hydrogens is 296 g/mol. The number of aromatic nitrogens is 1. The van der Waals surface area contributed by atoms with E-state index in [1.807, 2.05) is 6.07 Å². The van der Waals surface area contributed by atoms with E-state index in [0.717, 1.165) is 36.0 Å². The van der Waals surface area contributed by atoms with Gasteiger partial charge in [-0.05, 0) is 47.7 Å². The molecule has 1 fully saturated rings. The third kappa shape index (κ3) is 3.13. The average Bonchev–Trinajstić information content (AvgIpc) is 2.33. The molecule has 0 unspecified atom stereocenters. The first-order valence-electron chi connectivity index (χ1n) is 6.03. The molecule has 2 rings (SSSR count). The lowest BCUT2D eigenvalue weighted by molar-refractivity contribution is -0.122. The van der Waals surface area contributed by atoms with Crippen molar-refractivity contribution in [3.05, 3.63) is 16.7 Å². The molecule has 18 heavy (non-hydrogen) atoms. The van der Waals surface area contributed by atoms with Crippen molar-refractivity contribution in [3.8, 4) is 0 Å². The number of hydrogen-bond acceptors (Lipinski definition) is 4. The van der Waals surface area contributed by atoms with Crippen molar-refractivity contribution in [2.45, 2.75) is 31.7 Å². The first-order valence-corrected chi connectivity index (χ1v) is 6.82. The summed E-state index contributed by atoms with van der Waals surface area (Å²) in [6.07, 6.45) is 5.19. The molecule has 1 aliphatic carbocycles. The molecule has 0 spiro atoms. The maximum atomic E-state index is 11.1. The Morgan fingerprint density at radius 1 is 1.39 bits per heavy atom. The van der Waals surface area contributed by atoms with Crippen LogP contribution >= 0.6 is 15.9 Å². The number of rotatable bonds is 3. The molecule has 5 N–H and O–H groups in total. The molecular formula is C12H17BrN4O. The Kier molecular flexibility index (Phi) is 4.06. The minimum absolute atomic E-state index is 0.0332. The van der Waals surface area contributed by atoms with Crippen molar-refractivity contribution < 1.29 is 4.79 Å². The van der Waals surface area contributed by atoms with Crippen LogP contribution in [0.3, 0.4) is 0 Å². The number of nitrogens with zero attached hydrogens (tertiary/aromatic N) is 1. The Hall–Kier alpha value is -1.30. The summed E-state index contributed by atoms with van der Waals surface area (Å²) >= 11 is 3.43. The van der Waals surface area contributed by atoms with Gasteiger partial charge in [-0.1, -0.05) is 0 Å². The second-order valence-electron chi connectivity index (χ2n) is 4.69. The lowest BCUT2D eigenvalue weighted by Crippen LogP contribution is -2.32. The van der Waals surface area contributed by atoms with Crippen LogP contribution in [0.4, 0.5) is 11.5 Å². The van der Waals surface area contributed by atoms with Gasteiger partial charge in [-0.2, -0.15) is 0 Å². The van der Waals surface area contributed by atoms with E-state index in [-0.39, 0.29) is 11.8 Å². The van der Waals surface area contributed by atoms with E-state index in [2.05, 4.69) is 26.2 Å². The topological polar surface area (TPSA) is 94.0 Å². The van der Waals surface area contributed by atoms with Crippen LogP contribution in [0.2, 0.25) is 0 Å². The third-order valence-electron chi connectivity index (χ3n) is 3.33. The van der Waals surface area contributed by atoms with E-state index in [9.17, 15) is 4.79 Å². The summed E-state index contributed by atoms with van der Waals surface area (Å²) in [5, 5.41) is 3.37. The molecule has 0 saturated heterocycles. The highest BCUT2D eigenvalue weighted by Crippen LogP contribution is 2.28. The van der Waals surface area contributed by atoms with Gasteiger partial charge in [-0.15, -0.1) is 0 Å². The number of pyridine rings is 1. The standard InChI is InChI=1S/C12H17BrN4O/c13-10-5-8(14)6-16-12(10)17-9-3-1-7(2-4-9)11(15)18/h5-7,9H,1-4,14H2,(H2,15,18)(H,16,17). The zero-order chi connectivity index (χ0) is 13.1. The Balaban J connectivity index is 1.93. The highest BCUT2D eigenvalue weighted by Gasteiger charge is 2.25. The van der Waals surface area contributed by atoms with Crippen molar-refractivity contribution in [1.29, 1.82) is 0 Å². The third-order valence-corrected chi connectivity index (χ3v) is 3.94. The van der Waals surface area contributed by atoms with Gasteiger partial charge in [-0.3, -0.25) is 4.79 Å². The normalized spacial score (nSPS) is 23.6. The maximum absolute atomic E-state index is 11.1. The molecule has 1 saturated carbocycles. The second kappa shape index (κ2) is 5.56. The molecule has 1 heterocycles. The fourth-order valence-corrected chi connectivity index (χ4v) is 2.76. The quantitative estimate of drug-likeness (QED) is 0.794. The number of hydrogen-bond donors (Lipinski definition) is 3. The summed E-state index contributed by atoms with van der Waals surface area (Å²) in [7, 11) is 0. The van der Waals surface area contributed by atoms with Crippen LogP contribution < -0.4 is 16.8 Å². The summed E-state index contributed by atoms with van der Waals surface area (Å²) in [5.74, 6) is 0.651. The van der Waals surface area contributed by atoms with E-state index in [0.29, 0.717) is 11.7 Å². The summed E-state index contributed by atoms with van der Waals surface area (Å²) in [6, 6.07) is 2.16. The predicted molar refractivity (Wildman–Crippen MR) is 74.9 cm³/mol. The maximum Gasteiger partial charge on any atom is 0.220 e.